The number of thiocarbonyl (C=S) groups is 1. The molecule has 0 saturated carbocycles. The number of carboxylic acids is 2. The highest BCUT2D eigenvalue weighted by Crippen LogP contribution is 2.18. The summed E-state index contributed by atoms with van der Waals surface area (Å²) in [7, 11) is 9.44. The van der Waals surface area contributed by atoms with Crippen LogP contribution in [-0.4, -0.2) is 359 Å². The van der Waals surface area contributed by atoms with Crippen molar-refractivity contribution in [3.63, 3.8) is 0 Å². The normalized spacial score (nSPS) is 19.4. The number of aliphatic carboxylic acids is 2. The van der Waals surface area contributed by atoms with Crippen LogP contribution < -0.4 is 5.32 Å². The van der Waals surface area contributed by atoms with Crippen LogP contribution in [0.3, 0.4) is 0 Å². The molecule has 92 heavy (non-hydrogen) atoms. The van der Waals surface area contributed by atoms with Crippen molar-refractivity contribution < 1.29 is 71.3 Å². The number of likely N-dealkylation sites (tertiary alicyclic amines) is 1. The molecule has 28 nitrogen and oxygen atoms in total. The van der Waals surface area contributed by atoms with Gasteiger partial charge in [0.25, 0.3) is 5.91 Å². The first-order chi connectivity index (χ1) is 43.6. The molecule has 9 rings (SSSR count). The number of halogens is 3. The van der Waals surface area contributed by atoms with Gasteiger partial charge in [0.05, 0.1) is 56.4 Å². The van der Waals surface area contributed by atoms with Crippen molar-refractivity contribution in [1.29, 1.82) is 0 Å². The number of nitrogens with zero attached hydrogens (tertiary/aromatic N) is 15. The Morgan fingerprint density at radius 3 is 1.65 bits per heavy atom. The van der Waals surface area contributed by atoms with E-state index in [2.05, 4.69) is 53.7 Å². The maximum atomic E-state index is 12.0. The fraction of sp³-hybridized carbons (Fsp3) is 0.678. The van der Waals surface area contributed by atoms with E-state index in [1.165, 1.54) is 17.7 Å². The van der Waals surface area contributed by atoms with Gasteiger partial charge in [-0.15, -0.1) is 13.2 Å². The summed E-state index contributed by atoms with van der Waals surface area (Å²) in [5.74, 6) is -0.249. The number of likely N-dealkylation sites (N-methyl/N-ethyl adjacent to an activating group) is 5. The number of carboxylic acid groups (broad SMARTS) is 2. The highest BCUT2D eigenvalue weighted by Gasteiger charge is 2.34. The first kappa shape index (κ1) is 77.9. The Bertz CT molecular complexity index is 2670. The van der Waals surface area contributed by atoms with Gasteiger partial charge < -0.3 is 40.0 Å². The molecule has 9 heterocycles. The number of nitrogens with one attached hydrogen (secondary N) is 1. The Balaban J connectivity index is 0.000000237. The molecule has 514 valence electrons. The molecular formula is C59H93F3N16O12S2. The molecule has 7 saturated heterocycles. The van der Waals surface area contributed by atoms with Crippen LogP contribution in [0, 0.1) is 5.92 Å². The van der Waals surface area contributed by atoms with Crippen LogP contribution in [0.25, 0.3) is 0 Å². The fourth-order valence-electron chi connectivity index (χ4n) is 9.75. The van der Waals surface area contributed by atoms with Gasteiger partial charge in [0.2, 0.25) is 35.4 Å². The van der Waals surface area contributed by atoms with Crippen molar-refractivity contribution in [2.24, 2.45) is 5.92 Å². The van der Waals surface area contributed by atoms with Gasteiger partial charge in [-0.25, -0.2) is 0 Å². The second kappa shape index (κ2) is 41.2. The zero-order valence-electron chi connectivity index (χ0n) is 53.9. The number of pyridine rings is 1. The van der Waals surface area contributed by atoms with E-state index < -0.39 is 36.7 Å². The number of ether oxygens (including phenoxy) is 1. The van der Waals surface area contributed by atoms with Crippen molar-refractivity contribution in [2.75, 3.05) is 210 Å². The second-order valence-corrected chi connectivity index (χ2v) is 25.0. The number of carbonyl (C=O) groups excluding carboxylic acids is 7. The standard InChI is InChI=1S/C14H21N3O.C11H16N4S.C11H19N3O2S.C8H11F3N2O3.C8H14N2O3.C7H12N2O3/c1-12-4-7-17(8-5-12)11-14(18)16-10-13-3-2-6-15-9-13;1-14-6-7-15(11(16)9-14)5-2-10-8-12-3-4-13-10;1-12-2-3-14(10(15)8-12)9-11(16)13-4-6-17-7-5-13;1-12-2-3-13(6(14)4-12)7(15)5-16-8(9,10)11;1-9-4-5-10(7(11)6-9)3-2-8(12)13;1-8-2-3-9(5-7(11)12)6(10)4-8/h2-3,6,9,12H,4-5,7-8,10-11H2,1H3,(H,16,18);3-4,8H,2,5-7,9H2,1H3;2-9H2,1H3;2-5H2,1H3;2-6H2,1H3,(H,12,13);2-5H2,1H3,(H,11,12). The van der Waals surface area contributed by atoms with Gasteiger partial charge in [0, 0.05) is 154 Å². The van der Waals surface area contributed by atoms with Crippen LogP contribution in [0.2, 0.25) is 0 Å². The number of carbonyl (C=O) groups is 9. The summed E-state index contributed by atoms with van der Waals surface area (Å²) in [6.45, 7) is 16.3. The van der Waals surface area contributed by atoms with Crippen LogP contribution >= 0.6 is 24.0 Å². The lowest BCUT2D eigenvalue weighted by molar-refractivity contribution is -0.321. The Kier molecular flexibility index (Phi) is 34.9. The van der Waals surface area contributed by atoms with Crippen molar-refractivity contribution >= 4 is 82.3 Å². The summed E-state index contributed by atoms with van der Waals surface area (Å²) in [5, 5.41) is 19.8. The Labute approximate surface area is 546 Å². The molecule has 0 aromatic carbocycles. The van der Waals surface area contributed by atoms with Gasteiger partial charge >= 0.3 is 18.3 Å². The Morgan fingerprint density at radius 1 is 0.620 bits per heavy atom. The lowest BCUT2D eigenvalue weighted by atomic mass is 9.99. The van der Waals surface area contributed by atoms with Crippen molar-refractivity contribution in [3.05, 3.63) is 54.4 Å². The van der Waals surface area contributed by atoms with E-state index in [0.29, 0.717) is 65.4 Å². The predicted octanol–water partition coefficient (Wildman–Crippen LogP) is -0.737. The number of thioether (sulfide) groups is 1. The zero-order valence-corrected chi connectivity index (χ0v) is 55.5. The van der Waals surface area contributed by atoms with E-state index in [9.17, 15) is 56.3 Å². The van der Waals surface area contributed by atoms with Crippen LogP contribution in [0.4, 0.5) is 13.2 Å². The maximum absolute atomic E-state index is 12.0. The number of piperidine rings is 1. The molecule has 2 aromatic heterocycles. The molecule has 0 bridgehead atoms. The number of rotatable bonds is 16. The van der Waals surface area contributed by atoms with Crippen LogP contribution in [0.5, 0.6) is 0 Å². The van der Waals surface area contributed by atoms with Gasteiger partial charge in [-0.3, -0.25) is 97.1 Å². The van der Waals surface area contributed by atoms with E-state index in [-0.39, 0.29) is 62.1 Å². The smallest absolute Gasteiger partial charge is 0.481 e. The Hall–Kier alpha value is -6.59. The van der Waals surface area contributed by atoms with Gasteiger partial charge in [-0.1, -0.05) is 25.2 Å². The zero-order chi connectivity index (χ0) is 67.8. The number of piperazine rings is 5. The minimum absolute atomic E-state index is 0.0231. The highest BCUT2D eigenvalue weighted by atomic mass is 32.2. The van der Waals surface area contributed by atoms with E-state index in [4.69, 9.17) is 22.4 Å². The summed E-state index contributed by atoms with van der Waals surface area (Å²) < 4.78 is 38.3. The molecule has 2 aromatic rings. The first-order valence-electron chi connectivity index (χ1n) is 30.6. The number of imide groups is 1. The molecule has 0 unspecified atom stereocenters. The average Bonchev–Trinajstić information content (AvgIpc) is 2.82. The molecule has 0 radical (unpaired) electrons. The summed E-state index contributed by atoms with van der Waals surface area (Å²) >= 11 is 7.25. The minimum atomic E-state index is -4.86. The number of alkyl halides is 3. The van der Waals surface area contributed by atoms with Crippen molar-refractivity contribution in [3.8, 4) is 0 Å². The predicted molar refractivity (Wildman–Crippen MR) is 341 cm³/mol. The van der Waals surface area contributed by atoms with Gasteiger partial charge in [0.15, 0.2) is 0 Å². The molecule has 0 spiro atoms. The molecule has 7 fully saturated rings. The summed E-state index contributed by atoms with van der Waals surface area (Å²) in [5.41, 5.74) is 2.07. The summed E-state index contributed by atoms with van der Waals surface area (Å²) in [6.07, 6.45) is 7.27. The SMILES string of the molecule is CC1CCN(CC(=O)NCc2cccnc2)CC1.CN1CCN(C(=O)COC(F)(F)F)C(=O)C1.CN1CCN(CC(=O)N2CCSCC2)C(=O)C1.CN1CCN(CC(=O)O)C(=O)C1.CN1CCN(CCC(=O)O)C(=O)C1.CN1CCN(CCc2cnccn2)C(=S)C1. The number of hydrogen-bond donors (Lipinski definition) is 3. The highest BCUT2D eigenvalue weighted by molar-refractivity contribution is 7.99. The van der Waals surface area contributed by atoms with E-state index in [1.54, 1.807) is 46.5 Å². The van der Waals surface area contributed by atoms with Crippen LogP contribution in [0.15, 0.2) is 43.1 Å². The average molecular weight is 1340 g/mol. The van der Waals surface area contributed by atoms with E-state index in [1.807, 2.05) is 70.8 Å². The summed E-state index contributed by atoms with van der Waals surface area (Å²) in [6, 6.07) is 3.85. The molecular weight excluding hydrogens is 1250 g/mol. The van der Waals surface area contributed by atoms with Crippen LogP contribution in [0.1, 0.15) is 37.4 Å². The molecule has 0 atom stereocenters. The summed E-state index contributed by atoms with van der Waals surface area (Å²) in [4.78, 5) is 136. The molecule has 7 aliphatic rings. The van der Waals surface area contributed by atoms with E-state index >= 15 is 0 Å². The Morgan fingerprint density at radius 2 is 1.15 bits per heavy atom. The third kappa shape index (κ3) is 31.8. The lowest BCUT2D eigenvalue weighted by Gasteiger charge is -2.34. The second-order valence-electron chi connectivity index (χ2n) is 23.3. The third-order valence-corrected chi connectivity index (χ3v) is 16.8. The quantitative estimate of drug-likeness (QED) is 0.175. The monoisotopic (exact) mass is 1340 g/mol. The topological polar surface area (TPSA) is 293 Å². The van der Waals surface area contributed by atoms with Gasteiger partial charge in [-0.2, -0.15) is 11.8 Å². The fourth-order valence-corrected chi connectivity index (χ4v) is 11.1. The third-order valence-electron chi connectivity index (χ3n) is 15.4. The first-order valence-corrected chi connectivity index (χ1v) is 32.2. The van der Waals surface area contributed by atoms with E-state index in [0.717, 1.165) is 117 Å². The van der Waals surface area contributed by atoms with Gasteiger partial charge in [0.1, 0.15) is 13.2 Å². The minimum Gasteiger partial charge on any atom is -0.481 e. The van der Waals surface area contributed by atoms with Crippen molar-refractivity contribution in [2.45, 2.75) is 45.5 Å². The maximum Gasteiger partial charge on any atom is 0.523 e. The largest absolute Gasteiger partial charge is 0.523 e. The van der Waals surface area contributed by atoms with Crippen molar-refractivity contribution in [1.82, 2.24) is 79.1 Å². The molecule has 7 amide bonds. The molecule has 7 aliphatic heterocycles. The number of hydrogen-bond acceptors (Lipinski definition) is 21. The molecule has 3 N–H and O–H groups in total. The van der Waals surface area contributed by atoms with Crippen LogP contribution in [-0.2, 0) is 60.9 Å². The number of amides is 7. The van der Waals surface area contributed by atoms with Gasteiger partial charge in [-0.05, 0) is 78.7 Å². The number of aromatic nitrogens is 3. The molecule has 0 aliphatic carbocycles. The molecule has 33 heteroatoms. The lowest BCUT2D eigenvalue weighted by Crippen LogP contribution is -2.53.